The number of likely N-dealkylation sites (tertiary alicyclic amines) is 2. The van der Waals surface area contributed by atoms with Crippen LogP contribution in [0.4, 0.5) is 0 Å². The third-order valence-electron chi connectivity index (χ3n) is 4.68. The van der Waals surface area contributed by atoms with Crippen molar-refractivity contribution in [3.05, 3.63) is 29.8 Å². The molecule has 2 amide bonds. The molecule has 0 radical (unpaired) electrons. The average Bonchev–Trinajstić information content (AvgIpc) is 2.51. The molecule has 5 nitrogen and oxygen atoms in total. The Balaban J connectivity index is 1.53. The van der Waals surface area contributed by atoms with Crippen molar-refractivity contribution in [3.63, 3.8) is 0 Å². The third-order valence-corrected chi connectivity index (χ3v) is 4.68. The molecule has 0 unspecified atom stereocenters. The van der Waals surface area contributed by atoms with Gasteiger partial charge in [-0.05, 0) is 38.3 Å². The number of aryl methyl sites for hydroxylation is 1. The molecule has 0 bridgehead atoms. The normalized spacial score (nSPS) is 21.7. The Labute approximate surface area is 137 Å². The van der Waals surface area contributed by atoms with Crippen LogP contribution in [0.2, 0.25) is 0 Å². The molecular weight excluding hydrogens is 292 g/mol. The number of carbonyl (C=O) groups excluding carboxylic acids is 2. The van der Waals surface area contributed by atoms with Crippen LogP contribution in [0, 0.1) is 6.92 Å². The molecule has 2 heterocycles. The largest absolute Gasteiger partial charge is 0.487 e. The van der Waals surface area contributed by atoms with E-state index in [1.165, 1.54) is 5.56 Å². The second-order valence-electron chi connectivity index (χ2n) is 6.52. The maximum atomic E-state index is 12.6. The van der Waals surface area contributed by atoms with Crippen molar-refractivity contribution in [2.75, 3.05) is 19.6 Å². The fourth-order valence-electron chi connectivity index (χ4n) is 3.28. The molecule has 0 spiro atoms. The summed E-state index contributed by atoms with van der Waals surface area (Å²) in [5.41, 5.74) is 1.20. The molecule has 3 rings (SSSR count). The van der Waals surface area contributed by atoms with E-state index in [4.69, 9.17) is 4.74 Å². The Morgan fingerprint density at radius 3 is 2.48 bits per heavy atom. The van der Waals surface area contributed by atoms with E-state index in [1.54, 1.807) is 11.8 Å². The summed E-state index contributed by atoms with van der Waals surface area (Å²) >= 11 is 0. The van der Waals surface area contributed by atoms with E-state index in [9.17, 15) is 9.59 Å². The highest BCUT2D eigenvalue weighted by molar-refractivity contribution is 5.87. The zero-order chi connectivity index (χ0) is 16.4. The molecule has 2 saturated heterocycles. The fourth-order valence-corrected chi connectivity index (χ4v) is 3.28. The van der Waals surface area contributed by atoms with Gasteiger partial charge >= 0.3 is 0 Å². The Kier molecular flexibility index (Phi) is 4.55. The van der Waals surface area contributed by atoms with Gasteiger partial charge in [-0.3, -0.25) is 9.59 Å². The van der Waals surface area contributed by atoms with Crippen LogP contribution in [0.3, 0.4) is 0 Å². The lowest BCUT2D eigenvalue weighted by molar-refractivity contribution is -0.152. The fraction of sp³-hybridized carbons (Fsp3) is 0.556. The number of amides is 2. The monoisotopic (exact) mass is 316 g/mol. The van der Waals surface area contributed by atoms with Gasteiger partial charge in [0.2, 0.25) is 11.8 Å². The van der Waals surface area contributed by atoms with E-state index in [0.717, 1.165) is 25.0 Å². The first kappa shape index (κ1) is 15.8. The highest BCUT2D eigenvalue weighted by atomic mass is 16.5. The second-order valence-corrected chi connectivity index (χ2v) is 6.52. The van der Waals surface area contributed by atoms with Crippen LogP contribution in [0.15, 0.2) is 24.3 Å². The van der Waals surface area contributed by atoms with Gasteiger partial charge in [-0.2, -0.15) is 0 Å². The van der Waals surface area contributed by atoms with Crippen LogP contribution < -0.4 is 4.74 Å². The SMILES string of the molecule is CC(=O)N1CCCC[C@H]1C(=O)N1CC(Oc2ccc(C)cc2)C1. The summed E-state index contributed by atoms with van der Waals surface area (Å²) in [6, 6.07) is 7.67. The first-order valence-corrected chi connectivity index (χ1v) is 8.34. The van der Waals surface area contributed by atoms with Gasteiger partial charge in [0.15, 0.2) is 0 Å². The minimum atomic E-state index is -0.276. The topological polar surface area (TPSA) is 49.9 Å². The van der Waals surface area contributed by atoms with Crippen molar-refractivity contribution in [2.45, 2.75) is 45.3 Å². The minimum absolute atomic E-state index is 0.00368. The number of benzene rings is 1. The van der Waals surface area contributed by atoms with Crippen LogP contribution in [-0.4, -0.2) is 53.4 Å². The number of ether oxygens (including phenoxy) is 1. The molecule has 2 fully saturated rings. The quantitative estimate of drug-likeness (QED) is 0.857. The molecule has 1 atom stereocenters. The van der Waals surface area contributed by atoms with Gasteiger partial charge in [-0.25, -0.2) is 0 Å². The average molecular weight is 316 g/mol. The Morgan fingerprint density at radius 2 is 1.83 bits per heavy atom. The zero-order valence-corrected chi connectivity index (χ0v) is 13.8. The summed E-state index contributed by atoms with van der Waals surface area (Å²) in [5, 5.41) is 0. The van der Waals surface area contributed by atoms with E-state index in [2.05, 4.69) is 0 Å². The lowest BCUT2D eigenvalue weighted by Crippen LogP contribution is -2.62. The molecule has 5 heteroatoms. The molecule has 1 aromatic rings. The second kappa shape index (κ2) is 6.60. The van der Waals surface area contributed by atoms with E-state index in [0.29, 0.717) is 19.6 Å². The van der Waals surface area contributed by atoms with Gasteiger partial charge in [0.05, 0.1) is 13.1 Å². The molecule has 124 valence electrons. The molecule has 23 heavy (non-hydrogen) atoms. The maximum absolute atomic E-state index is 12.6. The molecular formula is C18H24N2O3. The third kappa shape index (κ3) is 3.49. The van der Waals surface area contributed by atoms with Crippen LogP contribution >= 0.6 is 0 Å². The predicted octanol–water partition coefficient (Wildman–Crippen LogP) is 1.99. The van der Waals surface area contributed by atoms with Crippen LogP contribution in [0.5, 0.6) is 5.75 Å². The predicted molar refractivity (Wildman–Crippen MR) is 87.2 cm³/mol. The summed E-state index contributed by atoms with van der Waals surface area (Å²) in [6.07, 6.45) is 2.83. The summed E-state index contributed by atoms with van der Waals surface area (Å²) in [7, 11) is 0. The van der Waals surface area contributed by atoms with E-state index < -0.39 is 0 Å². The van der Waals surface area contributed by atoms with Crippen molar-refractivity contribution < 1.29 is 14.3 Å². The number of hydrogen-bond acceptors (Lipinski definition) is 3. The van der Waals surface area contributed by atoms with Crippen molar-refractivity contribution in [2.24, 2.45) is 0 Å². The number of rotatable bonds is 3. The van der Waals surface area contributed by atoms with Gasteiger partial charge in [0, 0.05) is 13.5 Å². The van der Waals surface area contributed by atoms with Crippen molar-refractivity contribution in [1.29, 1.82) is 0 Å². The highest BCUT2D eigenvalue weighted by Gasteiger charge is 2.39. The molecule has 0 aliphatic carbocycles. The van der Waals surface area contributed by atoms with E-state index in [1.807, 2.05) is 36.1 Å². The van der Waals surface area contributed by atoms with Gasteiger partial charge in [0.25, 0.3) is 0 Å². The van der Waals surface area contributed by atoms with Crippen LogP contribution in [0.1, 0.15) is 31.7 Å². The molecule has 0 N–H and O–H groups in total. The Morgan fingerprint density at radius 1 is 1.13 bits per heavy atom. The standard InChI is InChI=1S/C18H24N2O3/c1-13-6-8-15(9-7-13)23-16-11-19(12-16)18(22)17-5-3-4-10-20(17)14(2)21/h6-9,16-17H,3-5,10-12H2,1-2H3/t17-/m0/s1. The first-order valence-electron chi connectivity index (χ1n) is 8.34. The number of hydrogen-bond donors (Lipinski definition) is 0. The Hall–Kier alpha value is -2.04. The summed E-state index contributed by atoms with van der Waals surface area (Å²) < 4.78 is 5.87. The van der Waals surface area contributed by atoms with Crippen molar-refractivity contribution in [1.82, 2.24) is 9.80 Å². The molecule has 2 aliphatic heterocycles. The number of piperidine rings is 1. The highest BCUT2D eigenvalue weighted by Crippen LogP contribution is 2.24. The lowest BCUT2D eigenvalue weighted by Gasteiger charge is -2.43. The van der Waals surface area contributed by atoms with Gasteiger partial charge in [-0.15, -0.1) is 0 Å². The van der Waals surface area contributed by atoms with Crippen LogP contribution in [-0.2, 0) is 9.59 Å². The first-order chi connectivity index (χ1) is 11.0. The lowest BCUT2D eigenvalue weighted by atomic mass is 9.99. The summed E-state index contributed by atoms with van der Waals surface area (Å²) in [4.78, 5) is 27.9. The summed E-state index contributed by atoms with van der Waals surface area (Å²) in [6.45, 7) is 5.50. The smallest absolute Gasteiger partial charge is 0.245 e. The molecule has 2 aliphatic rings. The van der Waals surface area contributed by atoms with Crippen molar-refractivity contribution >= 4 is 11.8 Å². The number of nitrogens with zero attached hydrogens (tertiary/aromatic N) is 2. The Bertz CT molecular complexity index is 578. The van der Waals surface area contributed by atoms with E-state index in [-0.39, 0.29) is 24.0 Å². The molecule has 1 aromatic carbocycles. The maximum Gasteiger partial charge on any atom is 0.245 e. The van der Waals surface area contributed by atoms with Gasteiger partial charge in [-0.1, -0.05) is 17.7 Å². The van der Waals surface area contributed by atoms with Crippen molar-refractivity contribution in [3.8, 4) is 5.75 Å². The number of carbonyl (C=O) groups is 2. The minimum Gasteiger partial charge on any atom is -0.487 e. The van der Waals surface area contributed by atoms with Gasteiger partial charge in [0.1, 0.15) is 17.9 Å². The van der Waals surface area contributed by atoms with E-state index >= 15 is 0 Å². The zero-order valence-electron chi connectivity index (χ0n) is 13.8. The van der Waals surface area contributed by atoms with Gasteiger partial charge < -0.3 is 14.5 Å². The molecule has 0 aromatic heterocycles. The summed E-state index contributed by atoms with van der Waals surface area (Å²) in [5.74, 6) is 0.912. The molecule has 0 saturated carbocycles. The van der Waals surface area contributed by atoms with Crippen LogP contribution in [0.25, 0.3) is 0 Å².